The molecular formula is C31H26F3N5O3. The van der Waals surface area contributed by atoms with E-state index in [1.54, 1.807) is 68.4 Å². The number of hydrogen-bond donors (Lipinski definition) is 2. The predicted octanol–water partition coefficient (Wildman–Crippen LogP) is 6.60. The third kappa shape index (κ3) is 5.28. The van der Waals surface area contributed by atoms with Crippen molar-refractivity contribution in [1.82, 2.24) is 10.2 Å². The van der Waals surface area contributed by atoms with Crippen LogP contribution in [0.15, 0.2) is 84.7 Å². The Kier molecular flexibility index (Phi) is 7.42. The Balaban J connectivity index is 1.79. The topological polar surface area (TPSA) is 98.4 Å². The molecule has 1 aromatic heterocycles. The van der Waals surface area contributed by atoms with E-state index in [2.05, 4.69) is 15.5 Å². The molecule has 8 nitrogen and oxygen atoms in total. The molecule has 4 aromatic rings. The van der Waals surface area contributed by atoms with Gasteiger partial charge in [0.15, 0.2) is 0 Å². The minimum Gasteiger partial charge on any atom is -0.326 e. The van der Waals surface area contributed by atoms with E-state index in [0.717, 1.165) is 17.2 Å². The number of anilines is 3. The predicted molar refractivity (Wildman–Crippen MR) is 154 cm³/mol. The monoisotopic (exact) mass is 573 g/mol. The van der Waals surface area contributed by atoms with Gasteiger partial charge in [0.1, 0.15) is 5.57 Å². The lowest BCUT2D eigenvalue weighted by Crippen LogP contribution is -2.34. The van der Waals surface area contributed by atoms with Crippen LogP contribution >= 0.6 is 0 Å². The molecule has 0 bridgehead atoms. The summed E-state index contributed by atoms with van der Waals surface area (Å²) in [6.45, 7) is 4.56. The molecule has 214 valence electrons. The molecule has 0 spiro atoms. The summed E-state index contributed by atoms with van der Waals surface area (Å²) in [4.78, 5) is 42.2. The van der Waals surface area contributed by atoms with E-state index < -0.39 is 46.6 Å². The molecular weight excluding hydrogens is 547 g/mol. The van der Waals surface area contributed by atoms with E-state index in [1.807, 2.05) is 0 Å². The van der Waals surface area contributed by atoms with Gasteiger partial charge < -0.3 is 5.32 Å². The van der Waals surface area contributed by atoms with Crippen LogP contribution in [0.3, 0.4) is 0 Å². The summed E-state index contributed by atoms with van der Waals surface area (Å²) in [7, 11) is 0. The lowest BCUT2D eigenvalue weighted by molar-refractivity contribution is -0.137. The number of amides is 3. The number of para-hydroxylation sites is 2. The van der Waals surface area contributed by atoms with Crippen LogP contribution in [0.2, 0.25) is 0 Å². The highest BCUT2D eigenvalue weighted by Crippen LogP contribution is 2.45. The average Bonchev–Trinajstić information content (AvgIpc) is 3.30. The smallest absolute Gasteiger partial charge is 0.326 e. The van der Waals surface area contributed by atoms with Gasteiger partial charge in [-0.3, -0.25) is 29.3 Å². The molecule has 0 radical (unpaired) electrons. The molecule has 0 saturated heterocycles. The lowest BCUT2D eigenvalue weighted by atomic mass is 9.93. The highest BCUT2D eigenvalue weighted by atomic mass is 19.4. The second-order valence-electron chi connectivity index (χ2n) is 9.95. The van der Waals surface area contributed by atoms with Gasteiger partial charge in [0.05, 0.1) is 22.5 Å². The van der Waals surface area contributed by atoms with Crippen molar-refractivity contribution in [3.63, 3.8) is 0 Å². The molecule has 3 amide bonds. The number of nitrogens with one attached hydrogen (secondary N) is 2. The second-order valence-corrected chi connectivity index (χ2v) is 9.95. The molecule has 0 fully saturated rings. The largest absolute Gasteiger partial charge is 0.418 e. The Morgan fingerprint density at radius 1 is 0.929 bits per heavy atom. The number of rotatable bonds is 5. The maximum Gasteiger partial charge on any atom is 0.418 e. The summed E-state index contributed by atoms with van der Waals surface area (Å²) in [6, 6.07) is 17.4. The normalized spacial score (nSPS) is 15.2. The van der Waals surface area contributed by atoms with Crippen LogP contribution in [-0.2, 0) is 20.6 Å². The van der Waals surface area contributed by atoms with Gasteiger partial charge in [-0.05, 0) is 42.3 Å². The molecule has 2 heterocycles. The Hall–Kier alpha value is -5.19. The summed E-state index contributed by atoms with van der Waals surface area (Å²) >= 11 is 0. The summed E-state index contributed by atoms with van der Waals surface area (Å²) < 4.78 is 43.5. The summed E-state index contributed by atoms with van der Waals surface area (Å²) in [6.07, 6.45) is -1.15. The van der Waals surface area contributed by atoms with E-state index in [-0.39, 0.29) is 11.3 Å². The van der Waals surface area contributed by atoms with Crippen LogP contribution in [0.5, 0.6) is 0 Å². The molecule has 5 rings (SSSR count). The van der Waals surface area contributed by atoms with Crippen molar-refractivity contribution in [2.75, 3.05) is 15.1 Å². The number of aromatic nitrogens is 2. The molecule has 0 saturated carbocycles. The van der Waals surface area contributed by atoms with Crippen LogP contribution in [0, 0.1) is 0 Å². The highest BCUT2D eigenvalue weighted by molar-refractivity contribution is 6.32. The van der Waals surface area contributed by atoms with Crippen molar-refractivity contribution in [1.29, 1.82) is 0 Å². The number of halogens is 3. The fourth-order valence-corrected chi connectivity index (χ4v) is 4.92. The number of fused-ring (bicyclic) bond motifs is 1. The zero-order valence-electron chi connectivity index (χ0n) is 22.9. The van der Waals surface area contributed by atoms with Crippen LogP contribution in [0.1, 0.15) is 43.5 Å². The number of hydrogen-bond acceptors (Lipinski definition) is 4. The Morgan fingerprint density at radius 2 is 1.57 bits per heavy atom. The third-order valence-electron chi connectivity index (χ3n) is 6.73. The minimum absolute atomic E-state index is 0.0879. The van der Waals surface area contributed by atoms with Crippen molar-refractivity contribution in [2.45, 2.75) is 32.9 Å². The van der Waals surface area contributed by atoms with Crippen LogP contribution in [-0.4, -0.2) is 27.9 Å². The summed E-state index contributed by atoms with van der Waals surface area (Å²) in [5.74, 6) is -2.78. The van der Waals surface area contributed by atoms with Crippen LogP contribution in [0.25, 0.3) is 17.0 Å². The number of nitrogens with zero attached hydrogens (tertiary/aromatic N) is 3. The molecule has 2 N–H and O–H groups in total. The Bertz CT molecular complexity index is 1760. The lowest BCUT2D eigenvalue weighted by Gasteiger charge is -2.28. The van der Waals surface area contributed by atoms with Crippen molar-refractivity contribution in [3.05, 3.63) is 102 Å². The van der Waals surface area contributed by atoms with Crippen LogP contribution < -0.4 is 15.1 Å². The first-order valence-electron chi connectivity index (χ1n) is 13.0. The quantitative estimate of drug-likeness (QED) is 0.208. The van der Waals surface area contributed by atoms with Crippen molar-refractivity contribution in [3.8, 4) is 0 Å². The molecule has 0 unspecified atom stereocenters. The zero-order chi connectivity index (χ0) is 30.2. The van der Waals surface area contributed by atoms with Gasteiger partial charge in [0, 0.05) is 41.6 Å². The average molecular weight is 574 g/mol. The zero-order valence-corrected chi connectivity index (χ0v) is 22.9. The SMILES string of the molecule is CC(=O)Nc1ccc(C(F)(F)F)c(N2C=CN(c3ccccc3)C(=O)/C(=C\c3[nH]nc4ccccc34)C2=O)c1C(C)C. The number of carbonyl (C=O) groups is 3. The maximum absolute atomic E-state index is 14.5. The van der Waals surface area contributed by atoms with Crippen LogP contribution in [0.4, 0.5) is 30.2 Å². The number of H-pyrrole nitrogens is 1. The highest BCUT2D eigenvalue weighted by Gasteiger charge is 2.41. The fraction of sp³-hybridized carbons (Fsp3) is 0.161. The van der Waals surface area contributed by atoms with Crippen molar-refractivity contribution >= 4 is 51.8 Å². The minimum atomic E-state index is -4.86. The maximum atomic E-state index is 14.5. The molecule has 1 aliphatic rings. The first-order chi connectivity index (χ1) is 20.0. The van der Waals surface area contributed by atoms with Gasteiger partial charge in [0.25, 0.3) is 11.8 Å². The van der Waals surface area contributed by atoms with Gasteiger partial charge >= 0.3 is 6.18 Å². The van der Waals surface area contributed by atoms with Crippen molar-refractivity contribution in [2.24, 2.45) is 0 Å². The number of alkyl halides is 3. The first-order valence-corrected chi connectivity index (χ1v) is 13.0. The molecule has 42 heavy (non-hydrogen) atoms. The third-order valence-corrected chi connectivity index (χ3v) is 6.73. The standard InChI is InChI=1S/C31H26F3N5O3/c1-18(2)27-25(35-19(3)40)14-13-23(31(32,33)34)28(27)39-16-15-38(20-9-5-4-6-10-20)29(41)22(30(39)42)17-26-21-11-7-8-12-24(21)36-37-26/h4-18H,1-3H3,(H,35,40)(H,36,37)/b22-17+. The Morgan fingerprint density at radius 3 is 2.24 bits per heavy atom. The fourth-order valence-electron chi connectivity index (χ4n) is 4.92. The van der Waals surface area contributed by atoms with E-state index in [0.29, 0.717) is 22.3 Å². The Labute approximate surface area is 239 Å². The van der Waals surface area contributed by atoms with Gasteiger partial charge in [-0.2, -0.15) is 18.3 Å². The summed E-state index contributed by atoms with van der Waals surface area (Å²) in [5.41, 5.74) is -0.431. The number of aromatic amines is 1. The molecule has 0 aliphatic carbocycles. The second kappa shape index (κ2) is 11.0. The summed E-state index contributed by atoms with van der Waals surface area (Å²) in [5, 5.41) is 10.2. The molecule has 0 atom stereocenters. The first kappa shape index (κ1) is 28.3. The van der Waals surface area contributed by atoms with Gasteiger partial charge in [-0.25, -0.2) is 0 Å². The van der Waals surface area contributed by atoms with E-state index in [1.165, 1.54) is 30.2 Å². The molecule has 11 heteroatoms. The number of carbonyl (C=O) groups excluding carboxylic acids is 3. The van der Waals surface area contributed by atoms with E-state index >= 15 is 0 Å². The number of benzene rings is 3. The molecule has 1 aliphatic heterocycles. The van der Waals surface area contributed by atoms with Gasteiger partial charge in [-0.15, -0.1) is 0 Å². The van der Waals surface area contributed by atoms with Gasteiger partial charge in [-0.1, -0.05) is 50.2 Å². The molecule has 3 aromatic carbocycles. The van der Waals surface area contributed by atoms with E-state index in [4.69, 9.17) is 0 Å². The van der Waals surface area contributed by atoms with Crippen molar-refractivity contribution < 1.29 is 27.6 Å². The van der Waals surface area contributed by atoms with Gasteiger partial charge in [0.2, 0.25) is 5.91 Å². The van der Waals surface area contributed by atoms with E-state index in [9.17, 15) is 27.6 Å².